The van der Waals surface area contributed by atoms with E-state index in [9.17, 15) is 4.79 Å². The third-order valence-corrected chi connectivity index (χ3v) is 4.50. The van der Waals surface area contributed by atoms with Gasteiger partial charge in [-0.3, -0.25) is 4.79 Å². The van der Waals surface area contributed by atoms with Crippen molar-refractivity contribution in [3.8, 4) is 17.2 Å². The highest BCUT2D eigenvalue weighted by Gasteiger charge is 2.11. The first-order valence-corrected chi connectivity index (χ1v) is 9.64. The molecule has 5 heteroatoms. The number of rotatable bonds is 6. The molecule has 1 amide bonds. The minimum Gasteiger partial charge on any atom is -0.494 e. The molecule has 0 unspecified atom stereocenters. The Bertz CT molecular complexity index is 1150. The van der Waals surface area contributed by atoms with Crippen LogP contribution in [0.5, 0.6) is 5.75 Å². The van der Waals surface area contributed by atoms with Gasteiger partial charge in [0.25, 0.3) is 5.91 Å². The Hall–Kier alpha value is -3.60. The molecular formula is C24H22N2O3. The Morgan fingerprint density at radius 1 is 1.07 bits per heavy atom. The Balaban J connectivity index is 1.51. The fourth-order valence-electron chi connectivity index (χ4n) is 3.02. The average Bonchev–Trinajstić information content (AvgIpc) is 3.16. The van der Waals surface area contributed by atoms with E-state index in [-0.39, 0.29) is 5.91 Å². The van der Waals surface area contributed by atoms with E-state index in [4.69, 9.17) is 9.15 Å². The Morgan fingerprint density at radius 3 is 2.69 bits per heavy atom. The van der Waals surface area contributed by atoms with Crippen molar-refractivity contribution in [1.82, 2.24) is 4.98 Å². The highest BCUT2D eigenvalue weighted by Crippen LogP contribution is 2.27. The summed E-state index contributed by atoms with van der Waals surface area (Å²) in [6.45, 7) is 4.73. The average molecular weight is 386 g/mol. The molecule has 0 saturated heterocycles. The molecule has 1 heterocycles. The smallest absolute Gasteiger partial charge is 0.255 e. The minimum absolute atomic E-state index is 0.183. The van der Waals surface area contributed by atoms with Crippen LogP contribution in [0.15, 0.2) is 71.1 Å². The SMILES string of the molecule is CCCOc1ccc(C(=O)Nc2cccc(-c3nc4cc(C)ccc4o3)c2)cc1. The van der Waals surface area contributed by atoms with Gasteiger partial charge in [-0.15, -0.1) is 0 Å². The largest absolute Gasteiger partial charge is 0.494 e. The van der Waals surface area contributed by atoms with Crippen LogP contribution < -0.4 is 10.1 Å². The number of anilines is 1. The normalized spacial score (nSPS) is 10.8. The highest BCUT2D eigenvalue weighted by molar-refractivity contribution is 6.04. The number of nitrogens with zero attached hydrogens (tertiary/aromatic N) is 1. The van der Waals surface area contributed by atoms with Gasteiger partial charge in [0.05, 0.1) is 6.61 Å². The number of carbonyl (C=O) groups is 1. The molecular weight excluding hydrogens is 364 g/mol. The predicted molar refractivity (Wildman–Crippen MR) is 114 cm³/mol. The molecule has 0 radical (unpaired) electrons. The summed E-state index contributed by atoms with van der Waals surface area (Å²) < 4.78 is 11.4. The number of oxazole rings is 1. The second-order valence-electron chi connectivity index (χ2n) is 6.90. The lowest BCUT2D eigenvalue weighted by molar-refractivity contribution is 0.102. The van der Waals surface area contributed by atoms with Gasteiger partial charge in [-0.05, 0) is 73.5 Å². The number of aryl methyl sites for hydroxylation is 1. The number of nitrogens with one attached hydrogen (secondary N) is 1. The van der Waals surface area contributed by atoms with Crippen molar-refractivity contribution >= 4 is 22.7 Å². The van der Waals surface area contributed by atoms with E-state index >= 15 is 0 Å². The third kappa shape index (κ3) is 4.29. The van der Waals surface area contributed by atoms with Crippen LogP contribution >= 0.6 is 0 Å². The lowest BCUT2D eigenvalue weighted by Gasteiger charge is -2.08. The van der Waals surface area contributed by atoms with E-state index in [0.29, 0.717) is 23.7 Å². The maximum atomic E-state index is 12.6. The molecule has 146 valence electrons. The van der Waals surface area contributed by atoms with Gasteiger partial charge in [0, 0.05) is 16.8 Å². The molecule has 5 nitrogen and oxygen atoms in total. The van der Waals surface area contributed by atoms with Gasteiger partial charge in [0.15, 0.2) is 5.58 Å². The number of fused-ring (bicyclic) bond motifs is 1. The number of ether oxygens (including phenoxy) is 1. The van der Waals surface area contributed by atoms with Crippen LogP contribution in [-0.4, -0.2) is 17.5 Å². The van der Waals surface area contributed by atoms with Gasteiger partial charge in [-0.25, -0.2) is 4.98 Å². The summed E-state index contributed by atoms with van der Waals surface area (Å²) in [5.74, 6) is 1.10. The van der Waals surface area contributed by atoms with Crippen molar-refractivity contribution in [3.63, 3.8) is 0 Å². The van der Waals surface area contributed by atoms with E-state index in [1.54, 1.807) is 24.3 Å². The molecule has 3 aromatic carbocycles. The van der Waals surface area contributed by atoms with Crippen LogP contribution in [-0.2, 0) is 0 Å². The molecule has 0 atom stereocenters. The molecule has 0 aliphatic carbocycles. The molecule has 0 fully saturated rings. The monoisotopic (exact) mass is 386 g/mol. The van der Waals surface area contributed by atoms with E-state index in [1.165, 1.54) is 0 Å². The molecule has 1 aromatic heterocycles. The van der Waals surface area contributed by atoms with Crippen LogP contribution in [0, 0.1) is 6.92 Å². The number of benzene rings is 3. The second-order valence-corrected chi connectivity index (χ2v) is 6.90. The van der Waals surface area contributed by atoms with E-state index < -0.39 is 0 Å². The summed E-state index contributed by atoms with van der Waals surface area (Å²) in [6.07, 6.45) is 0.943. The fourth-order valence-corrected chi connectivity index (χ4v) is 3.02. The van der Waals surface area contributed by atoms with Gasteiger partial charge < -0.3 is 14.5 Å². The summed E-state index contributed by atoms with van der Waals surface area (Å²) in [4.78, 5) is 17.1. The first kappa shape index (κ1) is 18.7. The third-order valence-electron chi connectivity index (χ3n) is 4.50. The lowest BCUT2D eigenvalue weighted by Crippen LogP contribution is -2.11. The van der Waals surface area contributed by atoms with Gasteiger partial charge in [-0.1, -0.05) is 19.1 Å². The van der Waals surface area contributed by atoms with Crippen molar-refractivity contribution in [2.45, 2.75) is 20.3 Å². The van der Waals surface area contributed by atoms with Crippen molar-refractivity contribution < 1.29 is 13.9 Å². The van der Waals surface area contributed by atoms with Crippen LogP contribution in [0.2, 0.25) is 0 Å². The van der Waals surface area contributed by atoms with Crippen LogP contribution in [0.25, 0.3) is 22.6 Å². The Morgan fingerprint density at radius 2 is 1.90 bits per heavy atom. The molecule has 0 bridgehead atoms. The van der Waals surface area contributed by atoms with Crippen molar-refractivity contribution in [3.05, 3.63) is 77.9 Å². The summed E-state index contributed by atoms with van der Waals surface area (Å²) in [5, 5.41) is 2.92. The quantitative estimate of drug-likeness (QED) is 0.452. The maximum absolute atomic E-state index is 12.6. The Kier molecular flexibility index (Phi) is 5.29. The highest BCUT2D eigenvalue weighted by atomic mass is 16.5. The maximum Gasteiger partial charge on any atom is 0.255 e. The summed E-state index contributed by atoms with van der Waals surface area (Å²) in [7, 11) is 0. The van der Waals surface area contributed by atoms with Crippen molar-refractivity contribution in [2.24, 2.45) is 0 Å². The standard InChI is InChI=1S/C24H22N2O3/c1-3-13-28-20-10-8-17(9-11-20)23(27)25-19-6-4-5-18(15-19)24-26-21-14-16(2)7-12-22(21)29-24/h4-12,14-15H,3,13H2,1-2H3,(H,25,27). The van der Waals surface area contributed by atoms with E-state index in [0.717, 1.165) is 34.4 Å². The van der Waals surface area contributed by atoms with Crippen molar-refractivity contribution in [2.75, 3.05) is 11.9 Å². The fraction of sp³-hybridized carbons (Fsp3) is 0.167. The predicted octanol–water partition coefficient (Wildman–Crippen LogP) is 5.84. The van der Waals surface area contributed by atoms with Crippen molar-refractivity contribution in [1.29, 1.82) is 0 Å². The number of amides is 1. The zero-order chi connectivity index (χ0) is 20.2. The number of hydrogen-bond donors (Lipinski definition) is 1. The topological polar surface area (TPSA) is 64.4 Å². The van der Waals surface area contributed by atoms with E-state index in [1.807, 2.05) is 49.4 Å². The number of hydrogen-bond acceptors (Lipinski definition) is 4. The minimum atomic E-state index is -0.183. The first-order valence-electron chi connectivity index (χ1n) is 9.64. The zero-order valence-electron chi connectivity index (χ0n) is 16.4. The summed E-state index contributed by atoms with van der Waals surface area (Å²) in [6, 6.07) is 20.5. The van der Waals surface area contributed by atoms with Gasteiger partial charge in [-0.2, -0.15) is 0 Å². The molecule has 29 heavy (non-hydrogen) atoms. The number of aromatic nitrogens is 1. The van der Waals surface area contributed by atoms with Crippen LogP contribution in [0.4, 0.5) is 5.69 Å². The molecule has 0 aliphatic heterocycles. The zero-order valence-corrected chi connectivity index (χ0v) is 16.4. The van der Waals surface area contributed by atoms with E-state index in [2.05, 4.69) is 17.2 Å². The van der Waals surface area contributed by atoms with Gasteiger partial charge >= 0.3 is 0 Å². The molecule has 0 aliphatic rings. The van der Waals surface area contributed by atoms with Gasteiger partial charge in [0.2, 0.25) is 5.89 Å². The first-order chi connectivity index (χ1) is 14.1. The Labute approximate surface area is 169 Å². The lowest BCUT2D eigenvalue weighted by atomic mass is 10.1. The number of carbonyl (C=O) groups excluding carboxylic acids is 1. The van der Waals surface area contributed by atoms with Crippen LogP contribution in [0.1, 0.15) is 29.3 Å². The van der Waals surface area contributed by atoms with Gasteiger partial charge in [0.1, 0.15) is 11.3 Å². The summed E-state index contributed by atoms with van der Waals surface area (Å²) >= 11 is 0. The second kappa shape index (κ2) is 8.19. The molecule has 0 spiro atoms. The molecule has 4 aromatic rings. The molecule has 0 saturated carbocycles. The molecule has 4 rings (SSSR count). The summed E-state index contributed by atoms with van der Waals surface area (Å²) in [5.41, 5.74) is 4.74. The molecule has 1 N–H and O–H groups in total. The van der Waals surface area contributed by atoms with Crippen LogP contribution in [0.3, 0.4) is 0 Å².